The van der Waals surface area contributed by atoms with Crippen LogP contribution in [0.4, 0.5) is 0 Å². The van der Waals surface area contributed by atoms with Gasteiger partial charge in [0, 0.05) is 5.57 Å². The minimum Gasteiger partial charge on any atom is -0.459 e. The number of primary sulfonamides is 1. The van der Waals surface area contributed by atoms with E-state index in [9.17, 15) is 13.2 Å². The summed E-state index contributed by atoms with van der Waals surface area (Å²) in [6.07, 6.45) is 1.74. The van der Waals surface area contributed by atoms with Crippen LogP contribution in [0.1, 0.15) is 26.2 Å². The summed E-state index contributed by atoms with van der Waals surface area (Å²) in [6, 6.07) is 0. The van der Waals surface area contributed by atoms with Crippen molar-refractivity contribution in [1.29, 1.82) is 0 Å². The fourth-order valence-corrected chi connectivity index (χ4v) is 4.23. The smallest absolute Gasteiger partial charge is 0.333 e. The molecule has 4 atom stereocenters. The lowest BCUT2D eigenvalue weighted by atomic mass is 9.97. The molecule has 0 aromatic carbocycles. The Morgan fingerprint density at radius 1 is 1.29 bits per heavy atom. The number of carbonyl (C=O) groups is 1. The molecule has 6 heteroatoms. The zero-order valence-corrected chi connectivity index (χ0v) is 10.6. The second-order valence-corrected chi connectivity index (χ2v) is 6.86. The molecule has 0 amide bonds. The van der Waals surface area contributed by atoms with Gasteiger partial charge >= 0.3 is 5.97 Å². The van der Waals surface area contributed by atoms with Gasteiger partial charge in [-0.2, -0.15) is 0 Å². The molecule has 0 aromatic rings. The summed E-state index contributed by atoms with van der Waals surface area (Å²) in [4.78, 5) is 11.4. The monoisotopic (exact) mass is 259 g/mol. The SMILES string of the molecule is C=C(C)C(=O)OC1CC2CC1CC2S(N)(=O)=O. The van der Waals surface area contributed by atoms with Gasteiger partial charge in [0.15, 0.2) is 0 Å². The molecule has 0 radical (unpaired) electrons. The average molecular weight is 259 g/mol. The number of carbonyl (C=O) groups excluding carboxylic acids is 1. The topological polar surface area (TPSA) is 86.5 Å². The Hall–Kier alpha value is -0.880. The Kier molecular flexibility index (Phi) is 3.03. The van der Waals surface area contributed by atoms with Crippen LogP contribution in [-0.4, -0.2) is 25.7 Å². The first-order valence-electron chi connectivity index (χ1n) is 5.67. The van der Waals surface area contributed by atoms with Crippen molar-refractivity contribution in [3.8, 4) is 0 Å². The van der Waals surface area contributed by atoms with Crippen molar-refractivity contribution in [2.24, 2.45) is 17.0 Å². The minimum atomic E-state index is -3.46. The minimum absolute atomic E-state index is 0.0397. The second kappa shape index (κ2) is 4.10. The Morgan fingerprint density at radius 2 is 1.94 bits per heavy atom. The summed E-state index contributed by atoms with van der Waals surface area (Å²) >= 11 is 0. The zero-order chi connectivity index (χ0) is 12.8. The molecule has 0 aromatic heterocycles. The van der Waals surface area contributed by atoms with Gasteiger partial charge in [0.25, 0.3) is 0 Å². The fraction of sp³-hybridized carbons (Fsp3) is 0.727. The first kappa shape index (κ1) is 12.6. The summed E-state index contributed by atoms with van der Waals surface area (Å²) in [5, 5.41) is 4.72. The number of esters is 1. The van der Waals surface area contributed by atoms with Crippen LogP contribution in [-0.2, 0) is 19.6 Å². The molecule has 2 saturated carbocycles. The van der Waals surface area contributed by atoms with E-state index in [2.05, 4.69) is 6.58 Å². The third kappa shape index (κ3) is 2.37. The second-order valence-electron chi connectivity index (χ2n) is 5.08. The predicted octanol–water partition coefficient (Wildman–Crippen LogP) is 0.561. The molecule has 2 fully saturated rings. The lowest BCUT2D eigenvalue weighted by Crippen LogP contribution is -2.37. The van der Waals surface area contributed by atoms with Gasteiger partial charge in [0.2, 0.25) is 10.0 Å². The van der Waals surface area contributed by atoms with E-state index in [0.29, 0.717) is 18.4 Å². The first-order chi connectivity index (χ1) is 7.79. The van der Waals surface area contributed by atoms with Gasteiger partial charge in [-0.1, -0.05) is 6.58 Å². The highest BCUT2D eigenvalue weighted by atomic mass is 32.2. The number of hydrogen-bond acceptors (Lipinski definition) is 4. The summed E-state index contributed by atoms with van der Waals surface area (Å²) in [6.45, 7) is 5.12. The van der Waals surface area contributed by atoms with Gasteiger partial charge in [-0.3, -0.25) is 0 Å². The third-order valence-corrected chi connectivity index (χ3v) is 5.18. The lowest BCUT2D eigenvalue weighted by Gasteiger charge is -2.26. The van der Waals surface area contributed by atoms with E-state index in [1.54, 1.807) is 6.92 Å². The van der Waals surface area contributed by atoms with Crippen molar-refractivity contribution >= 4 is 16.0 Å². The van der Waals surface area contributed by atoms with Crippen LogP contribution in [0.5, 0.6) is 0 Å². The maximum Gasteiger partial charge on any atom is 0.333 e. The van der Waals surface area contributed by atoms with E-state index in [4.69, 9.17) is 9.88 Å². The highest BCUT2D eigenvalue weighted by Gasteiger charge is 2.51. The normalized spacial score (nSPS) is 35.9. The number of hydrogen-bond donors (Lipinski definition) is 1. The molecule has 2 aliphatic carbocycles. The molecule has 2 N–H and O–H groups in total. The lowest BCUT2D eigenvalue weighted by molar-refractivity contribution is -0.146. The number of rotatable bonds is 3. The summed E-state index contributed by atoms with van der Waals surface area (Å²) in [5.74, 6) is -0.223. The Balaban J connectivity index is 1.99. The van der Waals surface area contributed by atoms with Gasteiger partial charge in [-0.25, -0.2) is 18.4 Å². The first-order valence-corrected chi connectivity index (χ1v) is 7.28. The van der Waals surface area contributed by atoms with E-state index in [0.717, 1.165) is 6.42 Å². The maximum absolute atomic E-state index is 11.4. The molecular formula is C11H17NO4S. The van der Waals surface area contributed by atoms with Crippen LogP contribution >= 0.6 is 0 Å². The van der Waals surface area contributed by atoms with Crippen LogP contribution in [0.3, 0.4) is 0 Å². The van der Waals surface area contributed by atoms with E-state index in [1.807, 2.05) is 0 Å². The van der Waals surface area contributed by atoms with Crippen molar-refractivity contribution < 1.29 is 17.9 Å². The quantitative estimate of drug-likeness (QED) is 0.592. The van der Waals surface area contributed by atoms with Crippen molar-refractivity contribution in [3.05, 3.63) is 12.2 Å². The Bertz CT molecular complexity index is 456. The van der Waals surface area contributed by atoms with E-state index < -0.39 is 21.2 Å². The molecule has 0 spiro atoms. The van der Waals surface area contributed by atoms with E-state index in [-0.39, 0.29) is 17.9 Å². The van der Waals surface area contributed by atoms with Crippen molar-refractivity contribution in [3.63, 3.8) is 0 Å². The Labute approximate surface area is 101 Å². The molecule has 2 aliphatic rings. The number of fused-ring (bicyclic) bond motifs is 2. The largest absolute Gasteiger partial charge is 0.459 e. The van der Waals surface area contributed by atoms with Crippen LogP contribution < -0.4 is 5.14 Å². The number of sulfonamides is 1. The van der Waals surface area contributed by atoms with Crippen molar-refractivity contribution in [2.75, 3.05) is 0 Å². The number of ether oxygens (including phenoxy) is 1. The predicted molar refractivity (Wildman–Crippen MR) is 62.4 cm³/mol. The molecule has 96 valence electrons. The molecule has 4 unspecified atom stereocenters. The maximum atomic E-state index is 11.4. The van der Waals surface area contributed by atoms with E-state index in [1.165, 1.54) is 0 Å². The number of nitrogens with two attached hydrogens (primary N) is 1. The summed E-state index contributed by atoms with van der Waals surface area (Å²) in [7, 11) is -3.46. The molecule has 2 rings (SSSR count). The van der Waals surface area contributed by atoms with Crippen LogP contribution in [0.15, 0.2) is 12.2 Å². The standard InChI is InChI=1S/C11H17NO4S/c1-6(2)11(13)16-9-4-8-3-7(9)5-10(8)17(12,14)15/h7-10H,1,3-5H2,2H3,(H2,12,14,15). The highest BCUT2D eigenvalue weighted by molar-refractivity contribution is 7.89. The van der Waals surface area contributed by atoms with Gasteiger partial charge in [0.1, 0.15) is 6.10 Å². The summed E-state index contributed by atoms with van der Waals surface area (Å²) in [5.41, 5.74) is 0.371. The molecular weight excluding hydrogens is 242 g/mol. The van der Waals surface area contributed by atoms with Gasteiger partial charge in [-0.05, 0) is 38.0 Å². The van der Waals surface area contributed by atoms with Crippen LogP contribution in [0, 0.1) is 11.8 Å². The van der Waals surface area contributed by atoms with Gasteiger partial charge in [-0.15, -0.1) is 0 Å². The van der Waals surface area contributed by atoms with Crippen LogP contribution in [0.2, 0.25) is 0 Å². The van der Waals surface area contributed by atoms with Crippen molar-refractivity contribution in [2.45, 2.75) is 37.5 Å². The molecule has 0 aliphatic heterocycles. The highest BCUT2D eigenvalue weighted by Crippen LogP contribution is 2.48. The molecule has 2 bridgehead atoms. The average Bonchev–Trinajstić information content (AvgIpc) is 2.74. The van der Waals surface area contributed by atoms with Gasteiger partial charge in [0.05, 0.1) is 5.25 Å². The van der Waals surface area contributed by atoms with Crippen molar-refractivity contribution in [1.82, 2.24) is 0 Å². The third-order valence-electron chi connectivity index (χ3n) is 3.76. The molecule has 0 heterocycles. The Morgan fingerprint density at radius 3 is 2.35 bits per heavy atom. The van der Waals surface area contributed by atoms with Gasteiger partial charge < -0.3 is 4.74 Å². The molecule has 0 saturated heterocycles. The summed E-state index contributed by atoms with van der Waals surface area (Å²) < 4.78 is 27.9. The fourth-order valence-electron chi connectivity index (χ4n) is 2.95. The molecule has 5 nitrogen and oxygen atoms in total. The zero-order valence-electron chi connectivity index (χ0n) is 9.76. The van der Waals surface area contributed by atoms with E-state index >= 15 is 0 Å². The molecule has 17 heavy (non-hydrogen) atoms. The van der Waals surface area contributed by atoms with Crippen LogP contribution in [0.25, 0.3) is 0 Å².